The summed E-state index contributed by atoms with van der Waals surface area (Å²) < 4.78 is 39.1. The standard InChI is InChI=1S/C13H8F3N3/c14-10-6-18-13-11(19-10)9(5-17-13)7-3-1-2-4-8(7)12(15)16/h1-6,12H,(H,17,18). The molecule has 0 bridgehead atoms. The molecule has 3 aromatic rings. The minimum absolute atomic E-state index is 0.116. The van der Waals surface area contributed by atoms with E-state index in [-0.39, 0.29) is 11.1 Å². The van der Waals surface area contributed by atoms with Gasteiger partial charge >= 0.3 is 0 Å². The van der Waals surface area contributed by atoms with Crippen molar-refractivity contribution in [1.82, 2.24) is 15.0 Å². The van der Waals surface area contributed by atoms with Gasteiger partial charge in [-0.25, -0.2) is 18.7 Å². The van der Waals surface area contributed by atoms with Crippen molar-refractivity contribution < 1.29 is 13.2 Å². The van der Waals surface area contributed by atoms with Crippen LogP contribution in [0.3, 0.4) is 0 Å². The summed E-state index contributed by atoms with van der Waals surface area (Å²) in [4.78, 5) is 10.3. The fourth-order valence-corrected chi connectivity index (χ4v) is 2.01. The lowest BCUT2D eigenvalue weighted by Gasteiger charge is -2.06. The number of halogens is 3. The minimum atomic E-state index is -2.61. The van der Waals surface area contributed by atoms with Crippen molar-refractivity contribution >= 4 is 11.2 Å². The normalized spacial score (nSPS) is 11.4. The number of rotatable bonds is 2. The summed E-state index contributed by atoms with van der Waals surface area (Å²) in [5, 5.41) is 0. The maximum absolute atomic E-state index is 13.1. The molecule has 0 radical (unpaired) electrons. The van der Waals surface area contributed by atoms with Crippen molar-refractivity contribution in [2.24, 2.45) is 0 Å². The number of alkyl halides is 2. The molecule has 0 unspecified atom stereocenters. The van der Waals surface area contributed by atoms with Crippen LogP contribution >= 0.6 is 0 Å². The summed E-state index contributed by atoms with van der Waals surface area (Å²) in [5.41, 5.74) is 1.23. The van der Waals surface area contributed by atoms with E-state index in [4.69, 9.17) is 0 Å². The number of nitrogens with zero attached hydrogens (tertiary/aromatic N) is 2. The van der Waals surface area contributed by atoms with E-state index in [2.05, 4.69) is 15.0 Å². The Morgan fingerprint density at radius 2 is 1.89 bits per heavy atom. The van der Waals surface area contributed by atoms with Crippen molar-refractivity contribution in [2.75, 3.05) is 0 Å². The second kappa shape index (κ2) is 4.38. The van der Waals surface area contributed by atoms with Gasteiger partial charge in [-0.1, -0.05) is 24.3 Å². The van der Waals surface area contributed by atoms with E-state index in [1.165, 1.54) is 18.3 Å². The maximum Gasteiger partial charge on any atom is 0.264 e. The number of fused-ring (bicyclic) bond motifs is 1. The highest BCUT2D eigenvalue weighted by molar-refractivity contribution is 5.91. The van der Waals surface area contributed by atoms with E-state index in [1.807, 2.05) is 0 Å². The maximum atomic E-state index is 13.1. The molecule has 19 heavy (non-hydrogen) atoms. The van der Waals surface area contributed by atoms with Crippen LogP contribution in [0.15, 0.2) is 36.7 Å². The van der Waals surface area contributed by atoms with Gasteiger partial charge in [-0.3, -0.25) is 0 Å². The largest absolute Gasteiger partial charge is 0.344 e. The smallest absolute Gasteiger partial charge is 0.264 e. The number of H-pyrrole nitrogens is 1. The molecule has 0 saturated heterocycles. The topological polar surface area (TPSA) is 41.6 Å². The molecule has 0 saturated carbocycles. The highest BCUT2D eigenvalue weighted by Crippen LogP contribution is 2.33. The number of aromatic amines is 1. The number of benzene rings is 1. The number of aromatic nitrogens is 3. The van der Waals surface area contributed by atoms with Gasteiger partial charge < -0.3 is 4.98 Å². The zero-order valence-electron chi connectivity index (χ0n) is 9.57. The average Bonchev–Trinajstić information content (AvgIpc) is 2.81. The van der Waals surface area contributed by atoms with Gasteiger partial charge in [0.25, 0.3) is 6.43 Å². The van der Waals surface area contributed by atoms with E-state index in [9.17, 15) is 13.2 Å². The van der Waals surface area contributed by atoms with Crippen LogP contribution in [-0.4, -0.2) is 15.0 Å². The van der Waals surface area contributed by atoms with E-state index in [0.717, 1.165) is 6.20 Å². The SMILES string of the molecule is Fc1cnc2[nH]cc(-c3ccccc3C(F)F)c2n1. The summed E-state index contributed by atoms with van der Waals surface area (Å²) in [7, 11) is 0. The van der Waals surface area contributed by atoms with Gasteiger partial charge in [0.2, 0.25) is 5.95 Å². The molecule has 3 rings (SSSR count). The van der Waals surface area contributed by atoms with Crippen LogP contribution in [0.5, 0.6) is 0 Å². The highest BCUT2D eigenvalue weighted by atomic mass is 19.3. The quantitative estimate of drug-likeness (QED) is 0.765. The second-order valence-electron chi connectivity index (χ2n) is 3.98. The van der Waals surface area contributed by atoms with E-state index in [0.29, 0.717) is 16.8 Å². The highest BCUT2D eigenvalue weighted by Gasteiger charge is 2.17. The molecule has 0 aliphatic carbocycles. The Kier molecular flexibility index (Phi) is 2.70. The number of hydrogen-bond donors (Lipinski definition) is 1. The fraction of sp³-hybridized carbons (Fsp3) is 0.0769. The molecule has 1 N–H and O–H groups in total. The first kappa shape index (κ1) is 11.7. The lowest BCUT2D eigenvalue weighted by Crippen LogP contribution is -1.91. The molecule has 1 aromatic carbocycles. The zero-order valence-corrected chi connectivity index (χ0v) is 9.57. The fourth-order valence-electron chi connectivity index (χ4n) is 2.01. The van der Waals surface area contributed by atoms with Crippen molar-refractivity contribution in [1.29, 1.82) is 0 Å². The third-order valence-electron chi connectivity index (χ3n) is 2.84. The van der Waals surface area contributed by atoms with Crippen LogP contribution in [0.4, 0.5) is 13.2 Å². The Morgan fingerprint density at radius 3 is 2.68 bits per heavy atom. The first-order chi connectivity index (χ1) is 9.16. The predicted octanol–water partition coefficient (Wildman–Crippen LogP) is 3.70. The molecule has 0 atom stereocenters. The summed E-state index contributed by atoms with van der Waals surface area (Å²) in [6.45, 7) is 0. The van der Waals surface area contributed by atoms with Crippen molar-refractivity contribution in [3.05, 3.63) is 48.2 Å². The minimum Gasteiger partial charge on any atom is -0.344 e. The molecule has 0 amide bonds. The van der Waals surface area contributed by atoms with Gasteiger partial charge in [-0.15, -0.1) is 0 Å². The van der Waals surface area contributed by atoms with Crippen molar-refractivity contribution in [2.45, 2.75) is 6.43 Å². The molecule has 0 fully saturated rings. The van der Waals surface area contributed by atoms with Crippen molar-refractivity contribution in [3.8, 4) is 11.1 Å². The van der Waals surface area contributed by atoms with Gasteiger partial charge in [0.15, 0.2) is 5.65 Å². The molecule has 6 heteroatoms. The number of hydrogen-bond acceptors (Lipinski definition) is 2. The molecular formula is C13H8F3N3. The third kappa shape index (κ3) is 1.95. The Balaban J connectivity index is 2.28. The summed E-state index contributed by atoms with van der Waals surface area (Å²) in [6, 6.07) is 6.07. The van der Waals surface area contributed by atoms with Gasteiger partial charge in [0, 0.05) is 17.3 Å². The Labute approximate surface area is 106 Å². The van der Waals surface area contributed by atoms with Crippen LogP contribution < -0.4 is 0 Å². The first-order valence-electron chi connectivity index (χ1n) is 5.54. The summed E-state index contributed by atoms with van der Waals surface area (Å²) in [6.07, 6.45) is -0.130. The summed E-state index contributed by atoms with van der Waals surface area (Å²) in [5.74, 6) is -0.747. The second-order valence-corrected chi connectivity index (χ2v) is 3.98. The van der Waals surface area contributed by atoms with Crippen LogP contribution in [-0.2, 0) is 0 Å². The van der Waals surface area contributed by atoms with Crippen LogP contribution in [0.1, 0.15) is 12.0 Å². The molecule has 0 aliphatic heterocycles. The molecule has 0 spiro atoms. The third-order valence-corrected chi connectivity index (χ3v) is 2.84. The van der Waals surface area contributed by atoms with E-state index >= 15 is 0 Å². The van der Waals surface area contributed by atoms with Crippen LogP contribution in [0.25, 0.3) is 22.3 Å². The van der Waals surface area contributed by atoms with Gasteiger partial charge in [-0.2, -0.15) is 4.39 Å². The molecular weight excluding hydrogens is 255 g/mol. The number of nitrogens with one attached hydrogen (secondary N) is 1. The van der Waals surface area contributed by atoms with E-state index < -0.39 is 12.4 Å². The van der Waals surface area contributed by atoms with Gasteiger partial charge in [0.1, 0.15) is 5.52 Å². The van der Waals surface area contributed by atoms with E-state index in [1.54, 1.807) is 12.1 Å². The van der Waals surface area contributed by atoms with Crippen molar-refractivity contribution in [3.63, 3.8) is 0 Å². The lowest BCUT2D eigenvalue weighted by atomic mass is 10.0. The lowest BCUT2D eigenvalue weighted by molar-refractivity contribution is 0.152. The van der Waals surface area contributed by atoms with Gasteiger partial charge in [0.05, 0.1) is 6.20 Å². The molecule has 2 heterocycles. The molecule has 3 nitrogen and oxygen atoms in total. The molecule has 96 valence electrons. The molecule has 2 aromatic heterocycles. The Bertz CT molecular complexity index is 737. The average molecular weight is 263 g/mol. The van der Waals surface area contributed by atoms with Gasteiger partial charge in [-0.05, 0) is 5.56 Å². The van der Waals surface area contributed by atoms with Crippen LogP contribution in [0, 0.1) is 5.95 Å². The zero-order chi connectivity index (χ0) is 13.4. The summed E-state index contributed by atoms with van der Waals surface area (Å²) >= 11 is 0. The Morgan fingerprint density at radius 1 is 1.11 bits per heavy atom. The predicted molar refractivity (Wildman–Crippen MR) is 64.2 cm³/mol. The van der Waals surface area contributed by atoms with Crippen LogP contribution in [0.2, 0.25) is 0 Å². The first-order valence-corrected chi connectivity index (χ1v) is 5.54. The molecule has 0 aliphatic rings. The monoisotopic (exact) mass is 263 g/mol. The Hall–Kier alpha value is -2.37.